The topological polar surface area (TPSA) is 78.9 Å². The molecule has 0 bridgehead atoms. The number of carbonyl (C=O) groups is 3. The molecule has 0 heterocycles. The predicted molar refractivity (Wildman–Crippen MR) is 270 cm³/mol. The fourth-order valence-electron chi connectivity index (χ4n) is 7.23. The number of hydrogen-bond acceptors (Lipinski definition) is 6. The van der Waals surface area contributed by atoms with Crippen molar-refractivity contribution in [2.75, 3.05) is 13.2 Å². The smallest absolute Gasteiger partial charge is 0.306 e. The van der Waals surface area contributed by atoms with Gasteiger partial charge in [0.1, 0.15) is 13.2 Å². The first-order valence-electron chi connectivity index (χ1n) is 26.4. The molecular formula is C57H98O6. The molecule has 0 aromatic heterocycles. The van der Waals surface area contributed by atoms with Gasteiger partial charge in [-0.1, -0.05) is 216 Å². The molecule has 0 rings (SSSR count). The Balaban J connectivity index is 4.09. The molecule has 1 unspecified atom stereocenters. The van der Waals surface area contributed by atoms with E-state index >= 15 is 0 Å². The fourth-order valence-corrected chi connectivity index (χ4v) is 7.23. The average Bonchev–Trinajstić information content (AvgIpc) is 3.28. The summed E-state index contributed by atoms with van der Waals surface area (Å²) < 4.78 is 16.7. The van der Waals surface area contributed by atoms with Crippen molar-refractivity contribution in [2.45, 2.75) is 258 Å². The van der Waals surface area contributed by atoms with Crippen molar-refractivity contribution < 1.29 is 28.6 Å². The van der Waals surface area contributed by atoms with Crippen LogP contribution in [-0.4, -0.2) is 37.2 Å². The zero-order chi connectivity index (χ0) is 45.8. The van der Waals surface area contributed by atoms with Gasteiger partial charge in [-0.2, -0.15) is 0 Å². The molecule has 6 nitrogen and oxygen atoms in total. The Hall–Kier alpha value is -3.15. The minimum atomic E-state index is -0.775. The number of esters is 3. The average molecular weight is 879 g/mol. The lowest BCUT2D eigenvalue weighted by molar-refractivity contribution is -0.167. The van der Waals surface area contributed by atoms with E-state index in [-0.39, 0.29) is 31.1 Å². The summed E-state index contributed by atoms with van der Waals surface area (Å²) in [6.45, 7) is 6.43. The Bertz CT molecular complexity index is 1190. The highest BCUT2D eigenvalue weighted by molar-refractivity contribution is 5.71. The Kier molecular flexibility index (Phi) is 48.9. The van der Waals surface area contributed by atoms with Crippen LogP contribution in [0.2, 0.25) is 0 Å². The summed E-state index contributed by atoms with van der Waals surface area (Å²) in [4.78, 5) is 37.7. The SMILES string of the molecule is CC/C=C\C/C=C\C/C=C\C/C=C\C/C=C\CCCCCCCCCCCCCC(=O)OCC(COC(=O)CCCCCCCC)OC(=O)CCCCCCC/C=C\CCCCC. The van der Waals surface area contributed by atoms with Gasteiger partial charge in [0, 0.05) is 19.3 Å². The van der Waals surface area contributed by atoms with Crippen molar-refractivity contribution in [2.24, 2.45) is 0 Å². The molecule has 0 saturated heterocycles. The lowest BCUT2D eigenvalue weighted by atomic mass is 10.0. The van der Waals surface area contributed by atoms with Gasteiger partial charge in [0.2, 0.25) is 0 Å². The highest BCUT2D eigenvalue weighted by atomic mass is 16.6. The minimum Gasteiger partial charge on any atom is -0.462 e. The fraction of sp³-hybridized carbons (Fsp3) is 0.737. The standard InChI is InChI=1S/C57H98O6/c1-4-7-10-13-16-18-20-22-23-24-25-26-27-28-29-30-31-32-33-34-35-36-38-39-41-44-47-50-56(59)62-53-54(52-61-55(58)49-46-43-15-12-9-6-3)63-57(60)51-48-45-42-40-37-21-19-17-14-11-8-5-2/h7,10,16-19,22-23,25-26,28-29,54H,4-6,8-9,11-15,20-21,24,27,30-53H2,1-3H3/b10-7-,18-16-,19-17-,23-22-,26-25-,29-28-. The zero-order valence-corrected chi connectivity index (χ0v) is 41.3. The van der Waals surface area contributed by atoms with Gasteiger partial charge in [-0.25, -0.2) is 0 Å². The molecule has 0 spiro atoms. The van der Waals surface area contributed by atoms with E-state index in [1.54, 1.807) is 0 Å². The molecule has 0 aliphatic heterocycles. The summed E-state index contributed by atoms with van der Waals surface area (Å²) in [5, 5.41) is 0. The molecule has 0 aliphatic rings. The first-order valence-corrected chi connectivity index (χ1v) is 26.4. The summed E-state index contributed by atoms with van der Waals surface area (Å²) in [6, 6.07) is 0. The zero-order valence-electron chi connectivity index (χ0n) is 41.3. The van der Waals surface area contributed by atoms with Crippen molar-refractivity contribution in [3.05, 3.63) is 72.9 Å². The van der Waals surface area contributed by atoms with Gasteiger partial charge in [0.25, 0.3) is 0 Å². The molecule has 0 fully saturated rings. The van der Waals surface area contributed by atoms with Crippen LogP contribution in [0.25, 0.3) is 0 Å². The van der Waals surface area contributed by atoms with Gasteiger partial charge in [-0.3, -0.25) is 14.4 Å². The molecule has 0 radical (unpaired) electrons. The molecule has 0 saturated carbocycles. The minimum absolute atomic E-state index is 0.0786. The third-order valence-electron chi connectivity index (χ3n) is 11.2. The maximum absolute atomic E-state index is 12.7. The van der Waals surface area contributed by atoms with E-state index in [4.69, 9.17) is 14.2 Å². The van der Waals surface area contributed by atoms with Gasteiger partial charge in [0.15, 0.2) is 6.10 Å². The molecule has 0 aliphatic carbocycles. The van der Waals surface area contributed by atoms with E-state index < -0.39 is 6.10 Å². The summed E-state index contributed by atoms with van der Waals surface area (Å²) >= 11 is 0. The molecule has 362 valence electrons. The van der Waals surface area contributed by atoms with E-state index in [0.29, 0.717) is 19.3 Å². The largest absolute Gasteiger partial charge is 0.462 e. The van der Waals surface area contributed by atoms with Gasteiger partial charge >= 0.3 is 17.9 Å². The highest BCUT2D eigenvalue weighted by Gasteiger charge is 2.19. The third kappa shape index (κ3) is 49.7. The number of allylic oxidation sites excluding steroid dienone is 12. The summed E-state index contributed by atoms with van der Waals surface area (Å²) in [6.07, 6.45) is 64.9. The van der Waals surface area contributed by atoms with Crippen LogP contribution in [0.4, 0.5) is 0 Å². The lowest BCUT2D eigenvalue weighted by Gasteiger charge is -2.18. The molecule has 1 atom stereocenters. The van der Waals surface area contributed by atoms with Crippen molar-refractivity contribution in [3.8, 4) is 0 Å². The Labute approximate surface area is 389 Å². The van der Waals surface area contributed by atoms with Gasteiger partial charge in [-0.05, 0) is 89.9 Å². The number of rotatable bonds is 47. The molecule has 6 heteroatoms. The van der Waals surface area contributed by atoms with Gasteiger partial charge in [-0.15, -0.1) is 0 Å². The second kappa shape index (κ2) is 51.5. The highest BCUT2D eigenvalue weighted by Crippen LogP contribution is 2.15. The number of unbranched alkanes of at least 4 members (excludes halogenated alkanes) is 24. The second-order valence-electron chi connectivity index (χ2n) is 17.4. The van der Waals surface area contributed by atoms with Crippen molar-refractivity contribution in [1.29, 1.82) is 0 Å². The Morgan fingerprint density at radius 3 is 1.02 bits per heavy atom. The normalized spacial score (nSPS) is 12.6. The molecule has 0 aromatic carbocycles. The van der Waals surface area contributed by atoms with Crippen molar-refractivity contribution in [1.82, 2.24) is 0 Å². The van der Waals surface area contributed by atoms with Crippen LogP contribution in [-0.2, 0) is 28.6 Å². The van der Waals surface area contributed by atoms with Crippen LogP contribution in [0.5, 0.6) is 0 Å². The van der Waals surface area contributed by atoms with Crippen molar-refractivity contribution >= 4 is 17.9 Å². The predicted octanol–water partition coefficient (Wildman–Crippen LogP) is 17.4. The first-order chi connectivity index (χ1) is 31.0. The van der Waals surface area contributed by atoms with Crippen LogP contribution in [0.1, 0.15) is 252 Å². The van der Waals surface area contributed by atoms with Crippen molar-refractivity contribution in [3.63, 3.8) is 0 Å². The number of ether oxygens (including phenoxy) is 3. The number of carbonyl (C=O) groups excluding carboxylic acids is 3. The van der Waals surface area contributed by atoms with E-state index in [1.165, 1.54) is 109 Å². The monoisotopic (exact) mass is 879 g/mol. The van der Waals surface area contributed by atoms with Crippen LogP contribution >= 0.6 is 0 Å². The van der Waals surface area contributed by atoms with E-state index in [2.05, 4.69) is 93.7 Å². The lowest BCUT2D eigenvalue weighted by Crippen LogP contribution is -2.30. The quantitative estimate of drug-likeness (QED) is 0.0262. The summed E-state index contributed by atoms with van der Waals surface area (Å²) in [5.41, 5.74) is 0. The van der Waals surface area contributed by atoms with Crippen LogP contribution in [0.15, 0.2) is 72.9 Å². The van der Waals surface area contributed by atoms with E-state index in [0.717, 1.165) is 103 Å². The van der Waals surface area contributed by atoms with E-state index in [9.17, 15) is 14.4 Å². The Morgan fingerprint density at radius 2 is 0.619 bits per heavy atom. The van der Waals surface area contributed by atoms with Gasteiger partial charge in [0.05, 0.1) is 0 Å². The summed E-state index contributed by atoms with van der Waals surface area (Å²) in [7, 11) is 0. The van der Waals surface area contributed by atoms with E-state index in [1.807, 2.05) is 0 Å². The van der Waals surface area contributed by atoms with Crippen LogP contribution in [0, 0.1) is 0 Å². The molecule has 63 heavy (non-hydrogen) atoms. The molecule has 0 aromatic rings. The molecule has 0 N–H and O–H groups in total. The first kappa shape index (κ1) is 59.9. The molecule has 0 amide bonds. The Morgan fingerprint density at radius 1 is 0.333 bits per heavy atom. The van der Waals surface area contributed by atoms with Gasteiger partial charge < -0.3 is 14.2 Å². The maximum atomic E-state index is 12.7. The van der Waals surface area contributed by atoms with Crippen LogP contribution < -0.4 is 0 Å². The number of hydrogen-bond donors (Lipinski definition) is 0. The molecular weight excluding hydrogens is 781 g/mol. The summed E-state index contributed by atoms with van der Waals surface area (Å²) in [5.74, 6) is -0.899. The maximum Gasteiger partial charge on any atom is 0.306 e. The third-order valence-corrected chi connectivity index (χ3v) is 11.2. The van der Waals surface area contributed by atoms with Crippen LogP contribution in [0.3, 0.4) is 0 Å². The second-order valence-corrected chi connectivity index (χ2v) is 17.4.